The van der Waals surface area contributed by atoms with Crippen molar-refractivity contribution < 1.29 is 4.79 Å². The molecule has 2 aromatic heterocycles. The maximum absolute atomic E-state index is 12.4. The normalized spacial score (nSPS) is 17.0. The first-order chi connectivity index (χ1) is 12.1. The van der Waals surface area contributed by atoms with Crippen LogP contribution in [0.2, 0.25) is 0 Å². The molecule has 1 aliphatic rings. The molecule has 136 valence electrons. The number of nitrogens with zero attached hydrogens (tertiary/aromatic N) is 2. The van der Waals surface area contributed by atoms with Gasteiger partial charge in [0, 0.05) is 23.2 Å². The van der Waals surface area contributed by atoms with Crippen LogP contribution in [0.15, 0.2) is 23.6 Å². The standard InChI is InChI=1S/C19H28N4OS/c1-14-12-15(2)23(22-14)17(18-10-7-11-25-18)13-20-19(24)21-16-8-5-3-4-6-9-16/h7,10-12,16-17H,3-6,8-9,13H2,1-2H3,(H2,20,21,24). The van der Waals surface area contributed by atoms with Crippen molar-refractivity contribution in [2.75, 3.05) is 6.54 Å². The predicted molar refractivity (Wildman–Crippen MR) is 102 cm³/mol. The van der Waals surface area contributed by atoms with E-state index in [9.17, 15) is 4.79 Å². The summed E-state index contributed by atoms with van der Waals surface area (Å²) in [7, 11) is 0. The number of nitrogens with one attached hydrogen (secondary N) is 2. The highest BCUT2D eigenvalue weighted by Crippen LogP contribution is 2.24. The summed E-state index contributed by atoms with van der Waals surface area (Å²) in [5.41, 5.74) is 2.11. The van der Waals surface area contributed by atoms with Crippen molar-refractivity contribution in [3.8, 4) is 0 Å². The lowest BCUT2D eigenvalue weighted by molar-refractivity contribution is 0.234. The maximum atomic E-state index is 12.4. The van der Waals surface area contributed by atoms with Crippen LogP contribution in [0.4, 0.5) is 4.79 Å². The maximum Gasteiger partial charge on any atom is 0.315 e. The average molecular weight is 361 g/mol. The zero-order chi connectivity index (χ0) is 17.6. The molecule has 0 radical (unpaired) electrons. The van der Waals surface area contributed by atoms with Gasteiger partial charge in [0.15, 0.2) is 0 Å². The molecule has 0 aromatic carbocycles. The molecule has 0 aliphatic heterocycles. The van der Waals surface area contributed by atoms with Crippen LogP contribution in [-0.2, 0) is 0 Å². The average Bonchev–Trinajstić information content (AvgIpc) is 3.13. The molecule has 25 heavy (non-hydrogen) atoms. The first-order valence-corrected chi connectivity index (χ1v) is 10.1. The minimum Gasteiger partial charge on any atom is -0.336 e. The zero-order valence-electron chi connectivity index (χ0n) is 15.1. The molecule has 6 heteroatoms. The number of aromatic nitrogens is 2. The van der Waals surface area contributed by atoms with E-state index in [1.807, 2.05) is 17.7 Å². The number of amides is 2. The third-order valence-electron chi connectivity index (χ3n) is 4.86. The fraction of sp³-hybridized carbons (Fsp3) is 0.579. The first-order valence-electron chi connectivity index (χ1n) is 9.24. The van der Waals surface area contributed by atoms with Crippen LogP contribution < -0.4 is 10.6 Å². The van der Waals surface area contributed by atoms with Crippen LogP contribution >= 0.6 is 11.3 Å². The molecule has 3 rings (SSSR count). The second-order valence-corrected chi connectivity index (χ2v) is 7.93. The van der Waals surface area contributed by atoms with Crippen molar-refractivity contribution in [1.29, 1.82) is 0 Å². The summed E-state index contributed by atoms with van der Waals surface area (Å²) < 4.78 is 2.02. The summed E-state index contributed by atoms with van der Waals surface area (Å²) in [5, 5.41) is 12.9. The van der Waals surface area contributed by atoms with Crippen molar-refractivity contribution in [2.45, 2.75) is 64.5 Å². The quantitative estimate of drug-likeness (QED) is 0.786. The highest BCUT2D eigenvalue weighted by atomic mass is 32.1. The van der Waals surface area contributed by atoms with Gasteiger partial charge in [0.2, 0.25) is 0 Å². The summed E-state index contributed by atoms with van der Waals surface area (Å²) in [6, 6.07) is 6.52. The molecule has 2 amide bonds. The monoisotopic (exact) mass is 360 g/mol. The lowest BCUT2D eigenvalue weighted by Crippen LogP contribution is -2.44. The topological polar surface area (TPSA) is 59.0 Å². The van der Waals surface area contributed by atoms with E-state index in [1.165, 1.54) is 30.6 Å². The fourth-order valence-corrected chi connectivity index (χ4v) is 4.41. The van der Waals surface area contributed by atoms with Gasteiger partial charge in [-0.1, -0.05) is 31.7 Å². The molecule has 0 saturated heterocycles. The molecule has 1 fully saturated rings. The van der Waals surface area contributed by atoms with Crippen LogP contribution in [-0.4, -0.2) is 28.4 Å². The van der Waals surface area contributed by atoms with E-state index in [0.29, 0.717) is 12.6 Å². The largest absolute Gasteiger partial charge is 0.336 e. The number of rotatable bonds is 5. The second-order valence-electron chi connectivity index (χ2n) is 6.95. The summed E-state index contributed by atoms with van der Waals surface area (Å²) >= 11 is 1.70. The van der Waals surface area contributed by atoms with Gasteiger partial charge >= 0.3 is 6.03 Å². The van der Waals surface area contributed by atoms with E-state index in [2.05, 4.69) is 40.2 Å². The second kappa shape index (κ2) is 8.52. The Morgan fingerprint density at radius 1 is 1.32 bits per heavy atom. The molecule has 1 atom stereocenters. The molecule has 1 aliphatic carbocycles. The molecule has 5 nitrogen and oxygen atoms in total. The Morgan fingerprint density at radius 3 is 2.68 bits per heavy atom. The highest BCUT2D eigenvalue weighted by molar-refractivity contribution is 7.10. The van der Waals surface area contributed by atoms with Crippen LogP contribution in [0.1, 0.15) is 60.8 Å². The Bertz CT molecular complexity index is 672. The van der Waals surface area contributed by atoms with E-state index < -0.39 is 0 Å². The summed E-state index contributed by atoms with van der Waals surface area (Å²) in [4.78, 5) is 13.6. The molecule has 1 saturated carbocycles. The Morgan fingerprint density at radius 2 is 2.08 bits per heavy atom. The lowest BCUT2D eigenvalue weighted by atomic mass is 10.1. The minimum atomic E-state index is -0.0602. The molecule has 2 N–H and O–H groups in total. The van der Waals surface area contributed by atoms with Crippen molar-refractivity contribution in [2.24, 2.45) is 0 Å². The van der Waals surface area contributed by atoms with Gasteiger partial charge in [-0.25, -0.2) is 4.79 Å². The first kappa shape index (κ1) is 18.0. The number of carbonyl (C=O) groups is 1. The predicted octanol–water partition coefficient (Wildman–Crippen LogP) is 4.17. The number of carbonyl (C=O) groups excluding carboxylic acids is 1. The smallest absolute Gasteiger partial charge is 0.315 e. The Labute approximate surface area is 153 Å². The number of hydrogen-bond donors (Lipinski definition) is 2. The van der Waals surface area contributed by atoms with Gasteiger partial charge in [0.25, 0.3) is 0 Å². The van der Waals surface area contributed by atoms with E-state index >= 15 is 0 Å². The molecule has 2 aromatic rings. The van der Waals surface area contributed by atoms with Crippen molar-refractivity contribution in [3.63, 3.8) is 0 Å². The van der Waals surface area contributed by atoms with E-state index in [-0.39, 0.29) is 12.1 Å². The van der Waals surface area contributed by atoms with Crippen molar-refractivity contribution in [1.82, 2.24) is 20.4 Å². The van der Waals surface area contributed by atoms with Crippen LogP contribution in [0.3, 0.4) is 0 Å². The van der Waals surface area contributed by atoms with Crippen molar-refractivity contribution >= 4 is 17.4 Å². The molecule has 0 bridgehead atoms. The summed E-state index contributed by atoms with van der Waals surface area (Å²) in [5.74, 6) is 0. The molecule has 1 unspecified atom stereocenters. The molecular weight excluding hydrogens is 332 g/mol. The fourth-order valence-electron chi connectivity index (χ4n) is 3.60. The van der Waals surface area contributed by atoms with Gasteiger partial charge in [-0.15, -0.1) is 11.3 Å². The molecule has 2 heterocycles. The molecule has 0 spiro atoms. The van der Waals surface area contributed by atoms with E-state index in [4.69, 9.17) is 0 Å². The van der Waals surface area contributed by atoms with Gasteiger partial charge < -0.3 is 10.6 Å². The Balaban J connectivity index is 1.63. The summed E-state index contributed by atoms with van der Waals surface area (Å²) in [6.45, 7) is 4.61. The van der Waals surface area contributed by atoms with Gasteiger partial charge in [-0.05, 0) is 44.2 Å². The number of urea groups is 1. The van der Waals surface area contributed by atoms with E-state index in [1.54, 1.807) is 11.3 Å². The Kier molecular flexibility index (Phi) is 6.13. The number of hydrogen-bond acceptors (Lipinski definition) is 3. The summed E-state index contributed by atoms with van der Waals surface area (Å²) in [6.07, 6.45) is 7.21. The minimum absolute atomic E-state index is 0.0357. The highest BCUT2D eigenvalue weighted by Gasteiger charge is 2.20. The number of aryl methyl sites for hydroxylation is 2. The van der Waals surface area contributed by atoms with Gasteiger partial charge in [0.1, 0.15) is 6.04 Å². The van der Waals surface area contributed by atoms with Gasteiger partial charge in [-0.2, -0.15) is 5.10 Å². The third kappa shape index (κ3) is 4.84. The zero-order valence-corrected chi connectivity index (χ0v) is 15.9. The number of thiophene rings is 1. The molecular formula is C19H28N4OS. The van der Waals surface area contributed by atoms with Crippen molar-refractivity contribution in [3.05, 3.63) is 39.8 Å². The van der Waals surface area contributed by atoms with Gasteiger partial charge in [0.05, 0.1) is 5.69 Å². The lowest BCUT2D eigenvalue weighted by Gasteiger charge is -2.21. The SMILES string of the molecule is Cc1cc(C)n(C(CNC(=O)NC2CCCCCC2)c2cccs2)n1. The van der Waals surface area contributed by atoms with E-state index in [0.717, 1.165) is 24.2 Å². The third-order valence-corrected chi connectivity index (χ3v) is 5.83. The van der Waals surface area contributed by atoms with Gasteiger partial charge in [-0.3, -0.25) is 4.68 Å². The Hall–Kier alpha value is -1.82. The van der Waals surface area contributed by atoms with Crippen LogP contribution in [0.25, 0.3) is 0 Å². The van der Waals surface area contributed by atoms with Crippen LogP contribution in [0, 0.1) is 13.8 Å². The van der Waals surface area contributed by atoms with Crippen LogP contribution in [0.5, 0.6) is 0 Å².